The Hall–Kier alpha value is 1.36. The monoisotopic (exact) mass is 798 g/mol. The number of rotatable bonds is 12. The van der Waals surface area contributed by atoms with Crippen molar-refractivity contribution in [2.24, 2.45) is 11.8 Å². The SMILES string of the molecule is COC[C-]=C(C)CC[CH-]C(C)C.COC[C-]=C(C)CC[CH-]C(C)C.[ClH+][Pt+2][ClH+].[Pt+2]. The van der Waals surface area contributed by atoms with Gasteiger partial charge in [-0.1, -0.05) is 67.6 Å². The Kier molecular flexibility index (Phi) is 40.1. The summed E-state index contributed by atoms with van der Waals surface area (Å²) in [5, 5.41) is 0. The van der Waals surface area contributed by atoms with E-state index in [1.807, 2.05) is 0 Å². The van der Waals surface area contributed by atoms with Crippen LogP contribution in [0.3, 0.4) is 0 Å². The molecule has 0 spiro atoms. The molecule has 0 aliphatic heterocycles. The Morgan fingerprint density at radius 3 is 1.32 bits per heavy atom. The molecule has 0 unspecified atom stereocenters. The second-order valence-corrected chi connectivity index (χ2v) is 10.7. The third-order valence-corrected chi connectivity index (χ3v) is 3.35. The maximum absolute atomic E-state index is 4.90. The Bertz CT molecular complexity index is 315. The van der Waals surface area contributed by atoms with Crippen LogP contribution < -0.4 is 0 Å². The number of hydrogen-bond donors (Lipinski definition) is 0. The van der Waals surface area contributed by atoms with Crippen molar-refractivity contribution in [1.29, 1.82) is 0 Å². The van der Waals surface area contributed by atoms with Gasteiger partial charge in [-0.05, 0) is 0 Å². The van der Waals surface area contributed by atoms with Gasteiger partial charge in [-0.2, -0.15) is 24.7 Å². The number of methoxy groups -OCH3 is 2. The van der Waals surface area contributed by atoms with E-state index in [2.05, 4.69) is 85.4 Å². The first-order valence-electron chi connectivity index (χ1n) is 9.36. The molecule has 0 aliphatic carbocycles. The third-order valence-electron chi connectivity index (χ3n) is 3.35. The molecule has 0 aromatic heterocycles. The number of ether oxygens (including phenoxy) is 2. The zero-order chi connectivity index (χ0) is 21.5. The van der Waals surface area contributed by atoms with Gasteiger partial charge in [0.1, 0.15) is 0 Å². The van der Waals surface area contributed by atoms with Gasteiger partial charge in [-0.3, -0.25) is 11.1 Å². The Morgan fingerprint density at radius 2 is 1.11 bits per heavy atom. The largest absolute Gasteiger partial charge is 2.00 e. The summed E-state index contributed by atoms with van der Waals surface area (Å²) >= 11 is -0.250. The first-order valence-corrected chi connectivity index (χ1v) is 15.4. The van der Waals surface area contributed by atoms with Crippen molar-refractivity contribution >= 4 is 0 Å². The van der Waals surface area contributed by atoms with Gasteiger partial charge in [-0.25, -0.2) is 0 Å². The van der Waals surface area contributed by atoms with Crippen molar-refractivity contribution in [2.45, 2.75) is 67.2 Å². The van der Waals surface area contributed by atoms with E-state index in [4.69, 9.17) is 9.47 Å². The fourth-order valence-corrected chi connectivity index (χ4v) is 1.83. The zero-order valence-corrected chi connectivity index (χ0v) is 25.0. The van der Waals surface area contributed by atoms with E-state index in [0.717, 1.165) is 25.7 Å². The minimum atomic E-state index is -0.250. The van der Waals surface area contributed by atoms with E-state index in [1.54, 1.807) is 14.2 Å². The molecule has 0 radical (unpaired) electrons. The van der Waals surface area contributed by atoms with Gasteiger partial charge in [0.2, 0.25) is 0 Å². The molecule has 2 nitrogen and oxygen atoms in total. The van der Waals surface area contributed by atoms with Crippen LogP contribution in [0.25, 0.3) is 0 Å². The Balaban J connectivity index is -0.000000175. The van der Waals surface area contributed by atoms with Crippen LogP contribution >= 0.6 is 0 Å². The normalized spacial score (nSPS) is 11.6. The van der Waals surface area contributed by atoms with E-state index in [9.17, 15) is 0 Å². The number of hydrogen-bond acceptors (Lipinski definition) is 2. The van der Waals surface area contributed by atoms with E-state index in [-0.39, 0.29) is 37.5 Å². The van der Waals surface area contributed by atoms with Crippen LogP contribution in [0.1, 0.15) is 67.2 Å². The minimum Gasteiger partial charge on any atom is 2.00 e. The molecular weight excluding hydrogens is 757 g/mol. The summed E-state index contributed by atoms with van der Waals surface area (Å²) in [6.45, 7) is 14.3. The Morgan fingerprint density at radius 1 is 0.821 bits per heavy atom. The second kappa shape index (κ2) is 30.5. The minimum absolute atomic E-state index is 0. The standard InChI is InChI=1S/2C11H20O.2ClH.2Pt/c2*1-10(2)6-5-7-11(3)8-9-12-4;;;;/h2*6,10H,5,7,9H2,1-4H3;2*1H;;/q2*-2;;;+2;+4. The summed E-state index contributed by atoms with van der Waals surface area (Å²) in [7, 11) is 12.0. The summed E-state index contributed by atoms with van der Waals surface area (Å²) in [6.07, 6.45) is 15.6. The molecule has 0 amide bonds. The summed E-state index contributed by atoms with van der Waals surface area (Å²) in [6, 6.07) is 0. The third kappa shape index (κ3) is 41.7. The second-order valence-electron chi connectivity index (χ2n) is 6.87. The quantitative estimate of drug-likeness (QED) is 0.243. The molecule has 28 heavy (non-hydrogen) atoms. The Labute approximate surface area is 207 Å². The molecule has 0 bridgehead atoms. The van der Waals surface area contributed by atoms with E-state index < -0.39 is 0 Å². The van der Waals surface area contributed by atoms with Gasteiger partial charge in [0.25, 0.3) is 0 Å². The fraction of sp³-hybridized carbons (Fsp3) is 0.727. The smallest absolute Gasteiger partial charge is 2.00 e. The van der Waals surface area contributed by atoms with E-state index in [0.29, 0.717) is 25.0 Å². The topological polar surface area (TPSA) is 18.5 Å². The zero-order valence-electron chi connectivity index (χ0n) is 18.8. The molecular formula is C22H42Cl2O2Pt2+2. The van der Waals surface area contributed by atoms with Crippen molar-refractivity contribution < 1.29 is 65.9 Å². The molecule has 174 valence electrons. The van der Waals surface area contributed by atoms with Crippen LogP contribution in [0.15, 0.2) is 11.1 Å². The first kappa shape index (κ1) is 36.7. The molecule has 6 heteroatoms. The van der Waals surface area contributed by atoms with Crippen LogP contribution in [0.4, 0.5) is 0 Å². The van der Waals surface area contributed by atoms with Gasteiger partial charge in [0, 0.05) is 14.2 Å². The predicted octanol–water partition coefficient (Wildman–Crippen LogP) is 5.51. The predicted molar refractivity (Wildman–Crippen MR) is 108 cm³/mol. The average molecular weight is 800 g/mol. The molecule has 0 aromatic rings. The van der Waals surface area contributed by atoms with Gasteiger partial charge in [0.15, 0.2) is 0 Å². The molecule has 0 fully saturated rings. The van der Waals surface area contributed by atoms with Crippen molar-refractivity contribution in [2.75, 3.05) is 27.4 Å². The first-order chi connectivity index (χ1) is 12.7. The molecule has 0 heterocycles. The van der Waals surface area contributed by atoms with Crippen LogP contribution in [0.2, 0.25) is 0 Å². The van der Waals surface area contributed by atoms with Gasteiger partial charge < -0.3 is 34.5 Å². The molecule has 0 rings (SSSR count). The molecule has 0 aliphatic rings. The molecule has 0 atom stereocenters. The van der Waals surface area contributed by atoms with Gasteiger partial charge in [-0.15, -0.1) is 0 Å². The number of halogens is 2. The number of allylic oxidation sites excluding steroid dienone is 2. The summed E-state index contributed by atoms with van der Waals surface area (Å²) in [4.78, 5) is 0. The van der Waals surface area contributed by atoms with Crippen molar-refractivity contribution in [3.8, 4) is 0 Å². The molecule has 0 saturated carbocycles. The maximum atomic E-state index is 4.90. The maximum Gasteiger partial charge on any atom is 2.00 e. The van der Waals surface area contributed by atoms with E-state index >= 15 is 0 Å². The van der Waals surface area contributed by atoms with Gasteiger partial charge >= 0.3 is 56.4 Å². The van der Waals surface area contributed by atoms with Crippen LogP contribution in [-0.2, 0) is 47.0 Å². The summed E-state index contributed by atoms with van der Waals surface area (Å²) in [5.74, 6) is 1.39. The van der Waals surface area contributed by atoms with Crippen LogP contribution in [0.5, 0.6) is 0 Å². The van der Waals surface area contributed by atoms with Crippen molar-refractivity contribution in [3.05, 3.63) is 36.1 Å². The van der Waals surface area contributed by atoms with Crippen LogP contribution in [-0.4, -0.2) is 27.4 Å². The van der Waals surface area contributed by atoms with Crippen molar-refractivity contribution in [1.82, 2.24) is 0 Å². The summed E-state index contributed by atoms with van der Waals surface area (Å²) < 4.78 is 9.80. The average Bonchev–Trinajstić information content (AvgIpc) is 2.58. The van der Waals surface area contributed by atoms with Crippen molar-refractivity contribution in [3.63, 3.8) is 0 Å². The van der Waals surface area contributed by atoms with Crippen LogP contribution in [0, 0.1) is 55.7 Å². The van der Waals surface area contributed by atoms with E-state index in [1.165, 1.54) is 11.1 Å². The van der Waals surface area contributed by atoms with Gasteiger partial charge in [0.05, 0.1) is 0 Å². The summed E-state index contributed by atoms with van der Waals surface area (Å²) in [5.41, 5.74) is 2.60. The molecule has 0 saturated heterocycles. The molecule has 0 aromatic carbocycles. The fourth-order valence-electron chi connectivity index (χ4n) is 1.83. The molecule has 0 N–H and O–H groups in total.